The normalized spacial score (nSPS) is 10.9. The van der Waals surface area contributed by atoms with Crippen molar-refractivity contribution in [1.82, 2.24) is 0 Å². The topological polar surface area (TPSA) is 68.1 Å². The first-order valence-corrected chi connectivity index (χ1v) is 9.79. The summed E-state index contributed by atoms with van der Waals surface area (Å²) in [5.74, 6) is 0.324. The van der Waals surface area contributed by atoms with E-state index in [9.17, 15) is 4.79 Å². The zero-order chi connectivity index (χ0) is 21.5. The number of rotatable bonds is 8. The molecule has 0 aliphatic heterocycles. The second-order valence-corrected chi connectivity index (χ2v) is 6.96. The van der Waals surface area contributed by atoms with Crippen LogP contribution in [0.5, 0.6) is 11.5 Å². The lowest BCUT2D eigenvalue weighted by atomic mass is 10.1. The summed E-state index contributed by atoms with van der Waals surface area (Å²) in [6, 6.07) is 18.4. The number of aryl methyl sites for hydroxylation is 2. The van der Waals surface area contributed by atoms with Gasteiger partial charge in [-0.25, -0.2) is 4.79 Å². The number of nitrogens with zero attached hydrogens (tertiary/aromatic N) is 1. The van der Waals surface area contributed by atoms with E-state index in [0.717, 1.165) is 16.8 Å². The van der Waals surface area contributed by atoms with E-state index in [0.29, 0.717) is 24.7 Å². The van der Waals surface area contributed by atoms with E-state index in [-0.39, 0.29) is 5.56 Å². The van der Waals surface area contributed by atoms with E-state index in [1.165, 1.54) is 11.1 Å². The van der Waals surface area contributed by atoms with E-state index in [2.05, 4.69) is 31.0 Å². The van der Waals surface area contributed by atoms with E-state index in [1.54, 1.807) is 30.5 Å². The molecule has 5 heteroatoms. The van der Waals surface area contributed by atoms with Gasteiger partial charge < -0.3 is 14.6 Å². The number of ether oxygens (including phenoxy) is 2. The average Bonchev–Trinajstić information content (AvgIpc) is 2.74. The maximum Gasteiger partial charge on any atom is 0.335 e. The second kappa shape index (κ2) is 9.74. The van der Waals surface area contributed by atoms with E-state index in [4.69, 9.17) is 14.6 Å². The van der Waals surface area contributed by atoms with Crippen LogP contribution in [0.1, 0.15) is 39.5 Å². The molecular formula is C25H25NO4. The van der Waals surface area contributed by atoms with Crippen molar-refractivity contribution in [2.24, 2.45) is 4.99 Å². The molecule has 0 spiro atoms. The van der Waals surface area contributed by atoms with Gasteiger partial charge in [-0.15, -0.1) is 0 Å². The Bertz CT molecular complexity index is 1060. The summed E-state index contributed by atoms with van der Waals surface area (Å²) >= 11 is 0. The van der Waals surface area contributed by atoms with Crippen LogP contribution in [-0.4, -0.2) is 23.9 Å². The van der Waals surface area contributed by atoms with Gasteiger partial charge in [-0.2, -0.15) is 0 Å². The Kier molecular flexibility index (Phi) is 6.86. The van der Waals surface area contributed by atoms with E-state index in [1.807, 2.05) is 31.2 Å². The Balaban J connectivity index is 1.73. The summed E-state index contributed by atoms with van der Waals surface area (Å²) in [5.41, 5.74) is 5.39. The van der Waals surface area contributed by atoms with E-state index >= 15 is 0 Å². The Morgan fingerprint density at radius 2 is 1.70 bits per heavy atom. The van der Waals surface area contributed by atoms with Crippen LogP contribution in [0.15, 0.2) is 65.7 Å². The molecule has 0 aliphatic rings. The minimum Gasteiger partial charge on any atom is -0.490 e. The Hall–Kier alpha value is -3.60. The summed E-state index contributed by atoms with van der Waals surface area (Å²) in [7, 11) is 0. The van der Waals surface area contributed by atoms with Gasteiger partial charge in [0, 0.05) is 6.21 Å². The number of hydrogen-bond acceptors (Lipinski definition) is 4. The molecule has 5 nitrogen and oxygen atoms in total. The van der Waals surface area contributed by atoms with Crippen LogP contribution in [0, 0.1) is 13.8 Å². The third-order valence-corrected chi connectivity index (χ3v) is 4.72. The molecule has 30 heavy (non-hydrogen) atoms. The fraction of sp³-hybridized carbons (Fsp3) is 0.200. The molecule has 0 aromatic heterocycles. The lowest BCUT2D eigenvalue weighted by molar-refractivity contribution is 0.0697. The Labute approximate surface area is 176 Å². The highest BCUT2D eigenvalue weighted by molar-refractivity contribution is 5.87. The molecular weight excluding hydrogens is 378 g/mol. The van der Waals surface area contributed by atoms with E-state index < -0.39 is 5.97 Å². The third kappa shape index (κ3) is 5.47. The van der Waals surface area contributed by atoms with Crippen molar-refractivity contribution in [2.45, 2.75) is 27.4 Å². The van der Waals surface area contributed by atoms with Crippen molar-refractivity contribution in [3.05, 3.63) is 88.5 Å². The summed E-state index contributed by atoms with van der Waals surface area (Å²) in [6.45, 7) is 6.90. The molecule has 0 amide bonds. The standard InChI is InChI=1S/C25H25NO4/c1-4-29-24-14-20(15-26-22-11-5-17(2)18(3)13-22)8-12-23(24)30-16-19-6-9-21(10-7-19)25(27)28/h5-15H,4,16H2,1-3H3,(H,27,28). The van der Waals surface area contributed by atoms with Gasteiger partial charge in [0.25, 0.3) is 0 Å². The number of carboxylic acids is 1. The van der Waals surface area contributed by atoms with Crippen molar-refractivity contribution in [3.63, 3.8) is 0 Å². The smallest absolute Gasteiger partial charge is 0.335 e. The van der Waals surface area contributed by atoms with Gasteiger partial charge in [-0.3, -0.25) is 4.99 Å². The van der Waals surface area contributed by atoms with Gasteiger partial charge in [0.05, 0.1) is 17.9 Å². The number of aromatic carboxylic acids is 1. The average molecular weight is 403 g/mol. The van der Waals surface area contributed by atoms with Gasteiger partial charge in [-0.05, 0) is 85.5 Å². The van der Waals surface area contributed by atoms with Gasteiger partial charge in [0.1, 0.15) is 6.61 Å². The second-order valence-electron chi connectivity index (χ2n) is 6.96. The monoisotopic (exact) mass is 403 g/mol. The fourth-order valence-electron chi connectivity index (χ4n) is 2.85. The Morgan fingerprint density at radius 3 is 2.37 bits per heavy atom. The molecule has 0 saturated carbocycles. The number of benzene rings is 3. The summed E-state index contributed by atoms with van der Waals surface area (Å²) in [4.78, 5) is 15.5. The highest BCUT2D eigenvalue weighted by atomic mass is 16.5. The molecule has 3 rings (SSSR count). The zero-order valence-electron chi connectivity index (χ0n) is 17.4. The van der Waals surface area contributed by atoms with Crippen LogP contribution in [0.2, 0.25) is 0 Å². The van der Waals surface area contributed by atoms with Crippen molar-refractivity contribution in [3.8, 4) is 11.5 Å². The molecule has 0 fully saturated rings. The van der Waals surface area contributed by atoms with Crippen LogP contribution in [-0.2, 0) is 6.61 Å². The maximum atomic E-state index is 11.0. The molecule has 0 bridgehead atoms. The van der Waals surface area contributed by atoms with Crippen LogP contribution >= 0.6 is 0 Å². The molecule has 154 valence electrons. The predicted molar refractivity (Wildman–Crippen MR) is 119 cm³/mol. The molecule has 0 aliphatic carbocycles. The quantitative estimate of drug-likeness (QED) is 0.488. The lowest BCUT2D eigenvalue weighted by Crippen LogP contribution is -2.01. The maximum absolute atomic E-state index is 11.0. The first kappa shape index (κ1) is 21.1. The van der Waals surface area contributed by atoms with Crippen molar-refractivity contribution in [1.29, 1.82) is 0 Å². The van der Waals surface area contributed by atoms with Crippen molar-refractivity contribution in [2.75, 3.05) is 6.61 Å². The molecule has 0 heterocycles. The lowest BCUT2D eigenvalue weighted by Gasteiger charge is -2.13. The van der Waals surface area contributed by atoms with Crippen molar-refractivity contribution < 1.29 is 19.4 Å². The highest BCUT2D eigenvalue weighted by Crippen LogP contribution is 2.29. The predicted octanol–water partition coefficient (Wildman–Crippen LogP) is 5.73. The van der Waals surface area contributed by atoms with Gasteiger partial charge in [0.15, 0.2) is 11.5 Å². The first-order chi connectivity index (χ1) is 14.5. The minimum atomic E-state index is -0.945. The molecule has 0 radical (unpaired) electrons. The third-order valence-electron chi connectivity index (χ3n) is 4.72. The molecule has 0 atom stereocenters. The number of carboxylic acid groups (broad SMARTS) is 1. The molecule has 3 aromatic rings. The Morgan fingerprint density at radius 1 is 0.933 bits per heavy atom. The van der Waals surface area contributed by atoms with Crippen LogP contribution in [0.4, 0.5) is 5.69 Å². The van der Waals surface area contributed by atoms with Gasteiger partial charge in [0.2, 0.25) is 0 Å². The van der Waals surface area contributed by atoms with Gasteiger partial charge >= 0.3 is 5.97 Å². The SMILES string of the molecule is CCOc1cc(C=Nc2ccc(C)c(C)c2)ccc1OCc1ccc(C(=O)O)cc1. The van der Waals surface area contributed by atoms with Crippen LogP contribution in [0.3, 0.4) is 0 Å². The number of aliphatic imine (C=N–C) groups is 1. The van der Waals surface area contributed by atoms with Crippen LogP contribution in [0.25, 0.3) is 0 Å². The minimum absolute atomic E-state index is 0.251. The number of hydrogen-bond donors (Lipinski definition) is 1. The fourth-order valence-corrected chi connectivity index (χ4v) is 2.85. The van der Waals surface area contributed by atoms with Gasteiger partial charge in [-0.1, -0.05) is 18.2 Å². The molecule has 1 N–H and O–H groups in total. The highest BCUT2D eigenvalue weighted by Gasteiger charge is 2.08. The number of carbonyl (C=O) groups is 1. The largest absolute Gasteiger partial charge is 0.490 e. The summed E-state index contributed by atoms with van der Waals surface area (Å²) in [6.07, 6.45) is 1.81. The molecule has 0 saturated heterocycles. The summed E-state index contributed by atoms with van der Waals surface area (Å²) < 4.78 is 11.6. The molecule has 3 aromatic carbocycles. The zero-order valence-corrected chi connectivity index (χ0v) is 17.4. The first-order valence-electron chi connectivity index (χ1n) is 9.79. The van der Waals surface area contributed by atoms with Crippen LogP contribution < -0.4 is 9.47 Å². The van der Waals surface area contributed by atoms with Crippen molar-refractivity contribution >= 4 is 17.9 Å². The molecule has 0 unspecified atom stereocenters. The summed E-state index contributed by atoms with van der Waals surface area (Å²) in [5, 5.41) is 8.99.